The van der Waals surface area contributed by atoms with Gasteiger partial charge in [0.2, 0.25) is 0 Å². The Kier molecular flexibility index (Phi) is 4.45. The molecule has 0 saturated carbocycles. The van der Waals surface area contributed by atoms with E-state index in [9.17, 15) is 4.79 Å². The summed E-state index contributed by atoms with van der Waals surface area (Å²) in [5, 5.41) is 0. The number of ketones is 1. The molecule has 104 valence electrons. The second-order valence-corrected chi connectivity index (χ2v) is 5.44. The first-order valence-corrected chi connectivity index (χ1v) is 7.03. The Bertz CT molecular complexity index is 653. The lowest BCUT2D eigenvalue weighted by molar-refractivity contribution is 0.0992. The molecule has 0 spiro atoms. The maximum atomic E-state index is 12.4. The predicted octanol–water partition coefficient (Wildman–Crippen LogP) is 3.77. The maximum Gasteiger partial charge on any atom is 0.167 e. The molecule has 2 aromatic carbocycles. The van der Waals surface area contributed by atoms with Crippen molar-refractivity contribution in [3.8, 4) is 5.75 Å². The van der Waals surface area contributed by atoms with Crippen molar-refractivity contribution in [1.82, 2.24) is 0 Å². The maximum absolute atomic E-state index is 12.4. The van der Waals surface area contributed by atoms with E-state index in [0.717, 1.165) is 21.3 Å². The number of benzene rings is 2. The highest BCUT2D eigenvalue weighted by molar-refractivity contribution is 9.10. The van der Waals surface area contributed by atoms with Gasteiger partial charge in [-0.1, -0.05) is 18.2 Å². The number of halogens is 1. The van der Waals surface area contributed by atoms with Crippen molar-refractivity contribution in [2.24, 2.45) is 0 Å². The van der Waals surface area contributed by atoms with Gasteiger partial charge in [-0.15, -0.1) is 0 Å². The third-order valence-corrected chi connectivity index (χ3v) is 3.88. The summed E-state index contributed by atoms with van der Waals surface area (Å²) in [6.07, 6.45) is 0.340. The zero-order chi connectivity index (χ0) is 14.7. The van der Waals surface area contributed by atoms with E-state index < -0.39 is 0 Å². The van der Waals surface area contributed by atoms with E-state index in [1.54, 1.807) is 19.2 Å². The van der Waals surface area contributed by atoms with Crippen LogP contribution in [-0.2, 0) is 6.42 Å². The largest absolute Gasteiger partial charge is 0.496 e. The van der Waals surface area contributed by atoms with Crippen LogP contribution in [0.25, 0.3) is 0 Å². The standard InChI is InChI=1S/C16H16BrNO2/c1-10-12(4-3-5-14(10)18)15(19)9-11-6-7-16(20-2)13(17)8-11/h3-8H,9,18H2,1-2H3. The monoisotopic (exact) mass is 333 g/mol. The molecule has 0 amide bonds. The SMILES string of the molecule is COc1ccc(CC(=O)c2cccc(N)c2C)cc1Br. The summed E-state index contributed by atoms with van der Waals surface area (Å²) in [5.41, 5.74) is 8.93. The van der Waals surface area contributed by atoms with Crippen molar-refractivity contribution in [3.05, 3.63) is 57.6 Å². The highest BCUT2D eigenvalue weighted by Crippen LogP contribution is 2.26. The third kappa shape index (κ3) is 3.02. The molecule has 0 aliphatic rings. The number of hydrogen-bond acceptors (Lipinski definition) is 3. The van der Waals surface area contributed by atoms with E-state index in [2.05, 4.69) is 15.9 Å². The van der Waals surface area contributed by atoms with Gasteiger partial charge < -0.3 is 10.5 Å². The average molecular weight is 334 g/mol. The van der Waals surface area contributed by atoms with Gasteiger partial charge in [0.1, 0.15) is 5.75 Å². The minimum atomic E-state index is 0.0619. The summed E-state index contributed by atoms with van der Waals surface area (Å²) in [7, 11) is 1.61. The van der Waals surface area contributed by atoms with Gasteiger partial charge in [0.15, 0.2) is 5.78 Å². The van der Waals surface area contributed by atoms with Crippen LogP contribution in [0.3, 0.4) is 0 Å². The Morgan fingerprint density at radius 3 is 2.70 bits per heavy atom. The molecule has 0 fully saturated rings. The third-order valence-electron chi connectivity index (χ3n) is 3.26. The first-order chi connectivity index (χ1) is 9.52. The summed E-state index contributed by atoms with van der Waals surface area (Å²) >= 11 is 3.42. The molecule has 0 aliphatic carbocycles. The van der Waals surface area contributed by atoms with Crippen LogP contribution >= 0.6 is 15.9 Å². The lowest BCUT2D eigenvalue weighted by Gasteiger charge is -2.09. The fraction of sp³-hybridized carbons (Fsp3) is 0.188. The van der Waals surface area contributed by atoms with Crippen LogP contribution in [0.2, 0.25) is 0 Å². The topological polar surface area (TPSA) is 52.3 Å². The molecular formula is C16H16BrNO2. The summed E-state index contributed by atoms with van der Waals surface area (Å²) in [5.74, 6) is 0.813. The van der Waals surface area contributed by atoms with E-state index in [-0.39, 0.29) is 5.78 Å². The van der Waals surface area contributed by atoms with E-state index in [0.29, 0.717) is 17.7 Å². The van der Waals surface area contributed by atoms with Crippen LogP contribution in [0, 0.1) is 6.92 Å². The van der Waals surface area contributed by atoms with Gasteiger partial charge in [-0.05, 0) is 52.2 Å². The molecule has 4 heteroatoms. The Morgan fingerprint density at radius 1 is 1.30 bits per heavy atom. The first kappa shape index (κ1) is 14.6. The van der Waals surface area contributed by atoms with Crippen LogP contribution < -0.4 is 10.5 Å². The number of nitrogens with two attached hydrogens (primary N) is 1. The normalized spacial score (nSPS) is 10.3. The molecule has 0 heterocycles. The van der Waals surface area contributed by atoms with E-state index in [1.165, 1.54) is 0 Å². The van der Waals surface area contributed by atoms with Crippen LogP contribution in [0.15, 0.2) is 40.9 Å². The number of rotatable bonds is 4. The predicted molar refractivity (Wildman–Crippen MR) is 84.3 cm³/mol. The van der Waals surface area contributed by atoms with Gasteiger partial charge >= 0.3 is 0 Å². The minimum absolute atomic E-state index is 0.0619. The van der Waals surface area contributed by atoms with E-state index in [4.69, 9.17) is 10.5 Å². The molecule has 2 aromatic rings. The molecule has 0 unspecified atom stereocenters. The van der Waals surface area contributed by atoms with Crippen molar-refractivity contribution in [1.29, 1.82) is 0 Å². The molecule has 20 heavy (non-hydrogen) atoms. The zero-order valence-electron chi connectivity index (χ0n) is 11.4. The smallest absolute Gasteiger partial charge is 0.167 e. The molecular weight excluding hydrogens is 318 g/mol. The number of ether oxygens (including phenoxy) is 1. The molecule has 2 rings (SSSR count). The second kappa shape index (κ2) is 6.09. The molecule has 0 atom stereocenters. The molecule has 0 aromatic heterocycles. The van der Waals surface area contributed by atoms with Gasteiger partial charge in [-0.25, -0.2) is 0 Å². The van der Waals surface area contributed by atoms with Gasteiger partial charge in [-0.2, -0.15) is 0 Å². The highest BCUT2D eigenvalue weighted by atomic mass is 79.9. The minimum Gasteiger partial charge on any atom is -0.496 e. The van der Waals surface area contributed by atoms with Crippen molar-refractivity contribution in [2.45, 2.75) is 13.3 Å². The average Bonchev–Trinajstić information content (AvgIpc) is 2.42. The number of anilines is 1. The Labute approximate surface area is 126 Å². The number of methoxy groups -OCH3 is 1. The van der Waals surface area contributed by atoms with Crippen molar-refractivity contribution in [3.63, 3.8) is 0 Å². The van der Waals surface area contributed by atoms with Crippen LogP contribution in [-0.4, -0.2) is 12.9 Å². The zero-order valence-corrected chi connectivity index (χ0v) is 13.0. The molecule has 2 N–H and O–H groups in total. The van der Waals surface area contributed by atoms with Gasteiger partial charge in [0.05, 0.1) is 11.6 Å². The lowest BCUT2D eigenvalue weighted by Crippen LogP contribution is -2.07. The van der Waals surface area contributed by atoms with Crippen molar-refractivity contribution >= 4 is 27.4 Å². The van der Waals surface area contributed by atoms with Gasteiger partial charge in [0, 0.05) is 17.7 Å². The van der Waals surface area contributed by atoms with Gasteiger partial charge in [-0.3, -0.25) is 4.79 Å². The number of carbonyl (C=O) groups is 1. The number of Topliss-reactive ketones (excluding diaryl/α,β-unsaturated/α-hetero) is 1. The van der Waals surface area contributed by atoms with E-state index >= 15 is 0 Å². The summed E-state index contributed by atoms with van der Waals surface area (Å²) in [4.78, 5) is 12.4. The molecule has 0 bridgehead atoms. The Balaban J connectivity index is 2.24. The number of nitrogen functional groups attached to an aromatic ring is 1. The lowest BCUT2D eigenvalue weighted by atomic mass is 9.98. The highest BCUT2D eigenvalue weighted by Gasteiger charge is 2.12. The summed E-state index contributed by atoms with van der Waals surface area (Å²) in [6, 6.07) is 11.1. The van der Waals surface area contributed by atoms with Crippen LogP contribution in [0.1, 0.15) is 21.5 Å². The van der Waals surface area contributed by atoms with Crippen LogP contribution in [0.5, 0.6) is 5.75 Å². The fourth-order valence-electron chi connectivity index (χ4n) is 2.06. The fourth-order valence-corrected chi connectivity index (χ4v) is 2.64. The molecule has 3 nitrogen and oxygen atoms in total. The van der Waals surface area contributed by atoms with Crippen molar-refractivity contribution in [2.75, 3.05) is 12.8 Å². The second-order valence-electron chi connectivity index (χ2n) is 4.59. The van der Waals surface area contributed by atoms with Crippen molar-refractivity contribution < 1.29 is 9.53 Å². The molecule has 0 saturated heterocycles. The Hall–Kier alpha value is -1.81. The Morgan fingerprint density at radius 2 is 2.05 bits per heavy atom. The quantitative estimate of drug-likeness (QED) is 0.684. The number of carbonyl (C=O) groups excluding carboxylic acids is 1. The number of hydrogen-bond donors (Lipinski definition) is 1. The van der Waals surface area contributed by atoms with E-state index in [1.807, 2.05) is 31.2 Å². The summed E-state index contributed by atoms with van der Waals surface area (Å²) < 4.78 is 6.02. The summed E-state index contributed by atoms with van der Waals surface area (Å²) in [6.45, 7) is 1.87. The first-order valence-electron chi connectivity index (χ1n) is 6.23. The molecule has 0 radical (unpaired) electrons. The molecule has 0 aliphatic heterocycles. The van der Waals surface area contributed by atoms with Gasteiger partial charge in [0.25, 0.3) is 0 Å². The van der Waals surface area contributed by atoms with Crippen LogP contribution in [0.4, 0.5) is 5.69 Å².